The maximum atomic E-state index is 12.3. The van der Waals surface area contributed by atoms with Crippen molar-refractivity contribution in [1.29, 1.82) is 0 Å². The van der Waals surface area contributed by atoms with Crippen LogP contribution in [0.3, 0.4) is 0 Å². The van der Waals surface area contributed by atoms with Gasteiger partial charge in [0, 0.05) is 0 Å². The minimum absolute atomic E-state index is 0.610. The molecule has 0 saturated heterocycles. The third kappa shape index (κ3) is 3.65. The maximum absolute atomic E-state index is 12.3. The van der Waals surface area contributed by atoms with E-state index in [1.54, 1.807) is 0 Å². The van der Waals surface area contributed by atoms with Crippen LogP contribution in [0.15, 0.2) is 0 Å². The van der Waals surface area contributed by atoms with Gasteiger partial charge in [-0.2, -0.15) is 21.9 Å². The Morgan fingerprint density at radius 2 is 1.85 bits per heavy atom. The summed E-state index contributed by atoms with van der Waals surface area (Å²) < 4.78 is 55.8. The van der Waals surface area contributed by atoms with Crippen molar-refractivity contribution in [3.05, 3.63) is 0 Å². The van der Waals surface area contributed by atoms with E-state index in [-0.39, 0.29) is 0 Å². The molecule has 0 aliphatic rings. The van der Waals surface area contributed by atoms with Crippen LogP contribution in [0.25, 0.3) is 0 Å². The Labute approximate surface area is 74.8 Å². The van der Waals surface area contributed by atoms with Crippen LogP contribution in [0.5, 0.6) is 0 Å². The summed E-state index contributed by atoms with van der Waals surface area (Å²) in [7, 11) is 0. The van der Waals surface area contributed by atoms with E-state index in [0.717, 1.165) is 6.92 Å². The van der Waals surface area contributed by atoms with Gasteiger partial charge in [-0.1, -0.05) is 0 Å². The first-order valence-corrected chi connectivity index (χ1v) is 3.65. The van der Waals surface area contributed by atoms with E-state index in [9.17, 15) is 17.6 Å². The highest BCUT2D eigenvalue weighted by molar-refractivity contribution is 7.95. The Morgan fingerprint density at radius 1 is 1.31 bits per heavy atom. The van der Waals surface area contributed by atoms with Gasteiger partial charge in [0.25, 0.3) is 0 Å². The highest BCUT2D eigenvalue weighted by Crippen LogP contribution is 2.44. The first-order valence-electron chi connectivity index (χ1n) is 2.91. The molecule has 0 atom stereocenters. The van der Waals surface area contributed by atoms with Crippen molar-refractivity contribution in [3.63, 3.8) is 0 Å². The lowest BCUT2D eigenvalue weighted by Gasteiger charge is -2.23. The second-order valence-corrected chi connectivity index (χ2v) is 2.50. The van der Waals surface area contributed by atoms with Crippen molar-refractivity contribution >= 4 is 12.0 Å². The van der Waals surface area contributed by atoms with Crippen LogP contribution in [-0.4, -0.2) is 18.0 Å². The Bertz CT molecular complexity index is 155. The van der Waals surface area contributed by atoms with Gasteiger partial charge in [0.1, 0.15) is 12.0 Å². The molecule has 0 bridgehead atoms. The molecule has 0 rings (SSSR count). The zero-order chi connectivity index (χ0) is 10.5. The van der Waals surface area contributed by atoms with E-state index in [0.29, 0.717) is 0 Å². The van der Waals surface area contributed by atoms with Crippen LogP contribution in [-0.2, 0) is 14.1 Å². The molecule has 80 valence electrons. The number of hydrogen-bond donors (Lipinski definition) is 0. The van der Waals surface area contributed by atoms with Crippen molar-refractivity contribution in [2.75, 3.05) is 6.61 Å². The SMILES string of the molecule is CCOC(F)(F)C(F)(F)SOO[O-]. The van der Waals surface area contributed by atoms with Crippen LogP contribution in [0.1, 0.15) is 6.92 Å². The molecule has 9 heteroatoms. The molecule has 0 aliphatic carbocycles. The monoisotopic (exact) mass is 225 g/mol. The molecule has 0 fully saturated rings. The summed E-state index contributed by atoms with van der Waals surface area (Å²) >= 11 is -1.12. The maximum Gasteiger partial charge on any atom is 0.432 e. The Balaban J connectivity index is 4.22. The molecular weight excluding hydrogens is 220 g/mol. The largest absolute Gasteiger partial charge is 0.691 e. The van der Waals surface area contributed by atoms with Gasteiger partial charge < -0.3 is 9.99 Å². The normalized spacial score (nSPS) is 13.4. The van der Waals surface area contributed by atoms with E-state index < -0.39 is 30.0 Å². The summed E-state index contributed by atoms with van der Waals surface area (Å²) in [5.74, 6) is 0. The predicted molar refractivity (Wildman–Crippen MR) is 31.3 cm³/mol. The van der Waals surface area contributed by atoms with Crippen molar-refractivity contribution in [2.45, 2.75) is 18.3 Å². The lowest BCUT2D eigenvalue weighted by atomic mass is 10.6. The van der Waals surface area contributed by atoms with Gasteiger partial charge in [-0.05, 0) is 6.92 Å². The molecule has 0 saturated carbocycles. The lowest BCUT2D eigenvalue weighted by molar-refractivity contribution is -0.777. The predicted octanol–water partition coefficient (Wildman–Crippen LogP) is 1.08. The molecule has 0 aliphatic heterocycles. The van der Waals surface area contributed by atoms with Gasteiger partial charge in [-0.15, -0.1) is 0 Å². The van der Waals surface area contributed by atoms with Crippen molar-refractivity contribution in [1.82, 2.24) is 0 Å². The summed E-state index contributed by atoms with van der Waals surface area (Å²) in [6, 6.07) is 0. The Morgan fingerprint density at radius 3 is 2.23 bits per heavy atom. The number of alkyl halides is 4. The Kier molecular flexibility index (Phi) is 4.92. The summed E-state index contributed by atoms with van der Waals surface area (Å²) in [6.07, 6.45) is -4.72. The van der Waals surface area contributed by atoms with E-state index in [2.05, 4.69) is 14.1 Å². The van der Waals surface area contributed by atoms with Gasteiger partial charge in [0.15, 0.2) is 0 Å². The van der Waals surface area contributed by atoms with Gasteiger partial charge in [0.2, 0.25) is 0 Å². The zero-order valence-corrected chi connectivity index (χ0v) is 7.08. The van der Waals surface area contributed by atoms with Crippen molar-refractivity contribution < 1.29 is 36.9 Å². The molecule has 13 heavy (non-hydrogen) atoms. The standard InChI is InChI=1S/C4H6F4O4S/c1-2-10-3(5,6)4(7,8)13-12-11-9/h9H,2H2,1H3/p-1. The van der Waals surface area contributed by atoms with Crippen LogP contribution < -0.4 is 5.26 Å². The number of ether oxygens (including phenoxy) is 1. The van der Waals surface area contributed by atoms with Gasteiger partial charge >= 0.3 is 11.4 Å². The van der Waals surface area contributed by atoms with Crippen molar-refractivity contribution in [2.24, 2.45) is 0 Å². The minimum Gasteiger partial charge on any atom is -0.691 e. The molecular formula is C4H5F4O4S-. The number of halogens is 4. The molecule has 0 aromatic heterocycles. The third-order valence-corrected chi connectivity index (χ3v) is 1.40. The van der Waals surface area contributed by atoms with Crippen LogP contribution >= 0.6 is 12.0 Å². The summed E-state index contributed by atoms with van der Waals surface area (Å²) in [4.78, 5) is 0. The molecule has 0 heterocycles. The highest BCUT2D eigenvalue weighted by atomic mass is 32.2. The first kappa shape index (κ1) is 12.9. The highest BCUT2D eigenvalue weighted by Gasteiger charge is 2.60. The van der Waals surface area contributed by atoms with Crippen LogP contribution in [0, 0.1) is 0 Å². The van der Waals surface area contributed by atoms with E-state index in [1.165, 1.54) is 0 Å². The van der Waals surface area contributed by atoms with Gasteiger partial charge in [-0.3, -0.25) is 5.04 Å². The number of hydrogen-bond acceptors (Lipinski definition) is 5. The molecule has 0 aromatic rings. The quantitative estimate of drug-likeness (QED) is 0.293. The smallest absolute Gasteiger partial charge is 0.432 e. The molecule has 0 spiro atoms. The van der Waals surface area contributed by atoms with E-state index in [1.807, 2.05) is 0 Å². The molecule has 0 aromatic carbocycles. The average Bonchev–Trinajstić information content (AvgIpc) is 2.00. The third-order valence-electron chi connectivity index (χ3n) is 0.831. The van der Waals surface area contributed by atoms with Crippen LogP contribution in [0.2, 0.25) is 0 Å². The van der Waals surface area contributed by atoms with E-state index >= 15 is 0 Å². The summed E-state index contributed by atoms with van der Waals surface area (Å²) in [6.45, 7) is 0.501. The Hall–Kier alpha value is -0.0900. The summed E-state index contributed by atoms with van der Waals surface area (Å²) in [5.41, 5.74) is 0. The molecule has 0 amide bonds. The second kappa shape index (κ2) is 4.96. The van der Waals surface area contributed by atoms with Gasteiger partial charge in [-0.25, -0.2) is 0 Å². The molecule has 4 nitrogen and oxygen atoms in total. The lowest BCUT2D eigenvalue weighted by Crippen LogP contribution is -2.40. The zero-order valence-electron chi connectivity index (χ0n) is 6.26. The van der Waals surface area contributed by atoms with Gasteiger partial charge in [0.05, 0.1) is 6.61 Å². The van der Waals surface area contributed by atoms with Crippen LogP contribution in [0.4, 0.5) is 17.6 Å². The average molecular weight is 225 g/mol. The second-order valence-electron chi connectivity index (χ2n) is 1.69. The van der Waals surface area contributed by atoms with Crippen molar-refractivity contribution in [3.8, 4) is 0 Å². The fourth-order valence-corrected chi connectivity index (χ4v) is 0.640. The summed E-state index contributed by atoms with van der Waals surface area (Å²) in [5, 5.41) is 6.91. The number of rotatable bonds is 6. The fraction of sp³-hybridized carbons (Fsp3) is 1.00. The topological polar surface area (TPSA) is 50.8 Å². The fourth-order valence-electron chi connectivity index (χ4n) is 0.370. The molecule has 0 unspecified atom stereocenters. The molecule has 0 N–H and O–H groups in total. The first-order chi connectivity index (χ1) is 5.87. The van der Waals surface area contributed by atoms with E-state index in [4.69, 9.17) is 5.26 Å². The molecule has 0 radical (unpaired) electrons. The minimum atomic E-state index is -4.72.